The summed E-state index contributed by atoms with van der Waals surface area (Å²) in [7, 11) is -3.75. The first-order valence-electron chi connectivity index (χ1n) is 10.9. The van der Waals surface area contributed by atoms with Gasteiger partial charge in [0, 0.05) is 18.1 Å². The molecule has 0 aliphatic rings. The third-order valence-corrected chi connectivity index (χ3v) is 6.66. The molecule has 0 heterocycles. The number of anilines is 1. The van der Waals surface area contributed by atoms with E-state index in [0.29, 0.717) is 17.3 Å². The Morgan fingerprint density at radius 3 is 2.42 bits per heavy atom. The van der Waals surface area contributed by atoms with Crippen LogP contribution in [-0.4, -0.2) is 50.5 Å². The van der Waals surface area contributed by atoms with Crippen LogP contribution in [0.15, 0.2) is 48.5 Å². The topological polar surface area (TPSA) is 86.8 Å². The Balaban J connectivity index is 2.36. The molecule has 0 aliphatic carbocycles. The molecule has 180 valence electrons. The van der Waals surface area contributed by atoms with E-state index in [-0.39, 0.29) is 12.5 Å². The van der Waals surface area contributed by atoms with Crippen molar-refractivity contribution in [1.82, 2.24) is 10.2 Å². The lowest BCUT2D eigenvalue weighted by Crippen LogP contribution is -2.51. The Hall–Kier alpha value is -2.58. The van der Waals surface area contributed by atoms with Crippen LogP contribution in [0.3, 0.4) is 0 Å². The van der Waals surface area contributed by atoms with Crippen LogP contribution in [0.5, 0.6) is 0 Å². The highest BCUT2D eigenvalue weighted by molar-refractivity contribution is 7.92. The van der Waals surface area contributed by atoms with Crippen LogP contribution in [0.25, 0.3) is 0 Å². The molecule has 7 nitrogen and oxygen atoms in total. The molecule has 33 heavy (non-hydrogen) atoms. The molecule has 9 heteroatoms. The Labute approximate surface area is 201 Å². The molecule has 1 unspecified atom stereocenters. The van der Waals surface area contributed by atoms with E-state index in [2.05, 4.69) is 5.32 Å². The highest BCUT2D eigenvalue weighted by atomic mass is 35.5. The SMILES string of the molecule is CCCCNC(=O)C(C)N(Cc1cccc(Cl)c1)C(=O)CN(c1ccccc1C)S(C)(=O)=O. The summed E-state index contributed by atoms with van der Waals surface area (Å²) in [5.74, 6) is -0.776. The molecule has 0 saturated carbocycles. The van der Waals surface area contributed by atoms with Crippen LogP contribution >= 0.6 is 11.6 Å². The summed E-state index contributed by atoms with van der Waals surface area (Å²) in [5, 5.41) is 3.36. The standard InChI is InChI=1S/C24H32ClN3O4S/c1-5-6-14-26-24(30)19(3)27(16-20-11-9-12-21(25)15-20)23(29)17-28(33(4,31)32)22-13-8-7-10-18(22)2/h7-13,15,19H,5-6,14,16-17H2,1-4H3,(H,26,30). The first-order chi connectivity index (χ1) is 15.5. The number of benzene rings is 2. The van der Waals surface area contributed by atoms with Crippen molar-refractivity contribution in [2.75, 3.05) is 23.7 Å². The van der Waals surface area contributed by atoms with Crippen molar-refractivity contribution in [2.24, 2.45) is 0 Å². The molecule has 0 saturated heterocycles. The number of carbonyl (C=O) groups excluding carboxylic acids is 2. The summed E-state index contributed by atoms with van der Waals surface area (Å²) in [5.41, 5.74) is 1.89. The van der Waals surface area contributed by atoms with E-state index in [4.69, 9.17) is 11.6 Å². The van der Waals surface area contributed by atoms with Gasteiger partial charge in [0.2, 0.25) is 21.8 Å². The van der Waals surface area contributed by atoms with E-state index in [1.165, 1.54) is 4.90 Å². The van der Waals surface area contributed by atoms with E-state index < -0.39 is 28.5 Å². The second-order valence-electron chi connectivity index (χ2n) is 8.03. The fourth-order valence-corrected chi connectivity index (χ4v) is 4.51. The van der Waals surface area contributed by atoms with Gasteiger partial charge >= 0.3 is 0 Å². The summed E-state index contributed by atoms with van der Waals surface area (Å²) in [6.07, 6.45) is 2.82. The average Bonchev–Trinajstić information content (AvgIpc) is 2.75. The van der Waals surface area contributed by atoms with Crippen LogP contribution in [0.1, 0.15) is 37.8 Å². The minimum Gasteiger partial charge on any atom is -0.354 e. The van der Waals surface area contributed by atoms with E-state index in [1.54, 1.807) is 56.3 Å². The Kier molecular flexibility index (Phi) is 9.73. The number of halogens is 1. The third kappa shape index (κ3) is 7.75. The maximum Gasteiger partial charge on any atom is 0.244 e. The van der Waals surface area contributed by atoms with Gasteiger partial charge in [-0.1, -0.05) is 55.3 Å². The highest BCUT2D eigenvalue weighted by Crippen LogP contribution is 2.23. The normalized spacial score (nSPS) is 12.2. The molecule has 0 aromatic heterocycles. The Morgan fingerprint density at radius 1 is 1.12 bits per heavy atom. The lowest BCUT2D eigenvalue weighted by molar-refractivity contribution is -0.139. The number of carbonyl (C=O) groups is 2. The summed E-state index contributed by atoms with van der Waals surface area (Å²) in [6.45, 7) is 5.66. The lowest BCUT2D eigenvalue weighted by atomic mass is 10.1. The van der Waals surface area contributed by atoms with E-state index >= 15 is 0 Å². The molecule has 1 N–H and O–H groups in total. The molecule has 2 aromatic carbocycles. The van der Waals surface area contributed by atoms with Gasteiger partial charge < -0.3 is 10.2 Å². The minimum atomic E-state index is -3.75. The molecule has 2 rings (SSSR count). The maximum absolute atomic E-state index is 13.5. The van der Waals surface area contributed by atoms with Gasteiger partial charge in [0.15, 0.2) is 0 Å². The molecule has 0 fully saturated rings. The predicted molar refractivity (Wildman–Crippen MR) is 133 cm³/mol. The molecule has 0 spiro atoms. The quantitative estimate of drug-likeness (QED) is 0.483. The van der Waals surface area contributed by atoms with Gasteiger partial charge in [-0.25, -0.2) is 8.42 Å². The molecule has 0 radical (unpaired) electrons. The maximum atomic E-state index is 13.5. The number of para-hydroxylation sites is 1. The Morgan fingerprint density at radius 2 is 1.82 bits per heavy atom. The third-order valence-electron chi connectivity index (χ3n) is 5.30. The van der Waals surface area contributed by atoms with Crippen LogP contribution in [-0.2, 0) is 26.2 Å². The summed E-state index contributed by atoms with van der Waals surface area (Å²) >= 11 is 6.11. The zero-order valence-corrected chi connectivity index (χ0v) is 21.1. The van der Waals surface area contributed by atoms with Crippen molar-refractivity contribution in [2.45, 2.75) is 46.2 Å². The smallest absolute Gasteiger partial charge is 0.244 e. The fraction of sp³-hybridized carbons (Fsp3) is 0.417. The van der Waals surface area contributed by atoms with E-state index in [0.717, 1.165) is 34.5 Å². The van der Waals surface area contributed by atoms with Gasteiger partial charge in [0.05, 0.1) is 11.9 Å². The Bertz CT molecular complexity index is 1070. The monoisotopic (exact) mass is 493 g/mol. The highest BCUT2D eigenvalue weighted by Gasteiger charge is 2.30. The molecule has 1 atom stereocenters. The summed E-state index contributed by atoms with van der Waals surface area (Å²) in [4.78, 5) is 27.6. The average molecular weight is 494 g/mol. The minimum absolute atomic E-state index is 0.118. The first-order valence-corrected chi connectivity index (χ1v) is 13.1. The van der Waals surface area contributed by atoms with Crippen molar-refractivity contribution >= 4 is 39.1 Å². The molecule has 0 aliphatic heterocycles. The van der Waals surface area contributed by atoms with Crippen LogP contribution in [0, 0.1) is 6.92 Å². The molecule has 0 bridgehead atoms. The van der Waals surface area contributed by atoms with Crippen molar-refractivity contribution in [3.63, 3.8) is 0 Å². The van der Waals surface area contributed by atoms with E-state index in [9.17, 15) is 18.0 Å². The second kappa shape index (κ2) is 12.0. The summed E-state index contributed by atoms with van der Waals surface area (Å²) in [6, 6.07) is 13.2. The number of hydrogen-bond acceptors (Lipinski definition) is 4. The van der Waals surface area contributed by atoms with Gasteiger partial charge in [-0.3, -0.25) is 13.9 Å². The predicted octanol–water partition coefficient (Wildman–Crippen LogP) is 3.75. The van der Waals surface area contributed by atoms with Gasteiger partial charge in [-0.2, -0.15) is 0 Å². The zero-order chi connectivity index (χ0) is 24.6. The van der Waals surface area contributed by atoms with E-state index in [1.807, 2.05) is 13.0 Å². The second-order valence-corrected chi connectivity index (χ2v) is 10.4. The number of sulfonamides is 1. The van der Waals surface area contributed by atoms with Crippen LogP contribution in [0.4, 0.5) is 5.69 Å². The number of nitrogens with one attached hydrogen (secondary N) is 1. The van der Waals surface area contributed by atoms with Crippen LogP contribution in [0.2, 0.25) is 5.02 Å². The molecule has 2 amide bonds. The molecular formula is C24H32ClN3O4S. The van der Waals surface area contributed by atoms with Crippen LogP contribution < -0.4 is 9.62 Å². The van der Waals surface area contributed by atoms with Crippen molar-refractivity contribution in [3.8, 4) is 0 Å². The molecular weight excluding hydrogens is 462 g/mol. The number of rotatable bonds is 11. The number of hydrogen-bond donors (Lipinski definition) is 1. The van der Waals surface area contributed by atoms with Gasteiger partial charge in [-0.05, 0) is 49.6 Å². The van der Waals surface area contributed by atoms with Gasteiger partial charge in [0.1, 0.15) is 12.6 Å². The van der Waals surface area contributed by atoms with Gasteiger partial charge in [-0.15, -0.1) is 0 Å². The van der Waals surface area contributed by atoms with Crippen molar-refractivity contribution in [3.05, 3.63) is 64.7 Å². The number of unbranched alkanes of at least 4 members (excludes halogenated alkanes) is 1. The lowest BCUT2D eigenvalue weighted by Gasteiger charge is -2.32. The first kappa shape index (κ1) is 26.7. The molecule has 2 aromatic rings. The number of nitrogens with zero attached hydrogens (tertiary/aromatic N) is 2. The fourth-order valence-electron chi connectivity index (χ4n) is 3.39. The zero-order valence-electron chi connectivity index (χ0n) is 19.5. The number of aryl methyl sites for hydroxylation is 1. The summed E-state index contributed by atoms with van der Waals surface area (Å²) < 4.78 is 26.2. The number of amides is 2. The van der Waals surface area contributed by atoms with Gasteiger partial charge in [0.25, 0.3) is 0 Å². The largest absolute Gasteiger partial charge is 0.354 e. The van der Waals surface area contributed by atoms with Crippen molar-refractivity contribution in [1.29, 1.82) is 0 Å². The van der Waals surface area contributed by atoms with Crippen molar-refractivity contribution < 1.29 is 18.0 Å².